The maximum absolute atomic E-state index is 12.3. The Morgan fingerprint density at radius 1 is 1.05 bits per heavy atom. The van der Waals surface area contributed by atoms with E-state index in [1.165, 1.54) is 16.5 Å². The van der Waals surface area contributed by atoms with Crippen LogP contribution in [0.4, 0.5) is 0 Å². The second-order valence-corrected chi connectivity index (χ2v) is 6.46. The molecule has 3 aromatic rings. The molecule has 21 heavy (non-hydrogen) atoms. The first-order chi connectivity index (χ1) is 10.1. The number of hydrogen-bond acceptors (Lipinski definition) is 1. The summed E-state index contributed by atoms with van der Waals surface area (Å²) < 4.78 is 14.4. The molecule has 0 saturated carbocycles. The van der Waals surface area contributed by atoms with Gasteiger partial charge in [-0.05, 0) is 31.2 Å². The Labute approximate surface area is 127 Å². The first kappa shape index (κ1) is 13.8. The molecule has 106 valence electrons. The summed E-state index contributed by atoms with van der Waals surface area (Å²) in [4.78, 5) is 0.831. The number of aromatic nitrogens is 1. The van der Waals surface area contributed by atoms with Gasteiger partial charge in [0, 0.05) is 40.0 Å². The number of benzene rings is 2. The van der Waals surface area contributed by atoms with Gasteiger partial charge in [-0.2, -0.15) is 0 Å². The van der Waals surface area contributed by atoms with Crippen LogP contribution in [0.25, 0.3) is 17.0 Å². The van der Waals surface area contributed by atoms with Crippen LogP contribution in [0.2, 0.25) is 0 Å². The van der Waals surface area contributed by atoms with Crippen molar-refractivity contribution in [1.82, 2.24) is 4.57 Å². The van der Waals surface area contributed by atoms with Crippen LogP contribution in [0.5, 0.6) is 0 Å². The monoisotopic (exact) mass is 295 g/mol. The molecule has 0 amide bonds. The summed E-state index contributed by atoms with van der Waals surface area (Å²) in [7, 11) is 0.909. The van der Waals surface area contributed by atoms with Gasteiger partial charge in [0.25, 0.3) is 0 Å². The van der Waals surface area contributed by atoms with Crippen molar-refractivity contribution in [3.05, 3.63) is 71.3 Å². The minimum atomic E-state index is -1.12. The molecule has 2 aromatic carbocycles. The van der Waals surface area contributed by atoms with E-state index in [4.69, 9.17) is 0 Å². The SMILES string of the molecule is Cc1ccc(S(=O)/C=C/c2cn(C)c3ccccc23)cc1. The fourth-order valence-electron chi connectivity index (χ4n) is 2.39. The Bertz CT molecular complexity index is 828. The first-order valence-electron chi connectivity index (χ1n) is 6.84. The van der Waals surface area contributed by atoms with Crippen LogP contribution in [0.15, 0.2) is 65.0 Å². The summed E-state index contributed by atoms with van der Waals surface area (Å²) in [6.45, 7) is 2.03. The standard InChI is InChI=1S/C18H17NOS/c1-14-7-9-16(10-8-14)21(20)12-11-15-13-19(2)18-6-4-3-5-17(15)18/h3-13H,1-2H3/b12-11+. The zero-order valence-electron chi connectivity index (χ0n) is 12.1. The summed E-state index contributed by atoms with van der Waals surface area (Å²) in [5, 5.41) is 2.93. The van der Waals surface area contributed by atoms with E-state index in [2.05, 4.69) is 22.9 Å². The highest BCUT2D eigenvalue weighted by Gasteiger charge is 2.04. The summed E-state index contributed by atoms with van der Waals surface area (Å²) in [5.41, 5.74) is 3.45. The van der Waals surface area contributed by atoms with Crippen molar-refractivity contribution in [2.24, 2.45) is 7.05 Å². The van der Waals surface area contributed by atoms with E-state index in [1.807, 2.05) is 56.4 Å². The van der Waals surface area contributed by atoms with E-state index in [9.17, 15) is 4.21 Å². The van der Waals surface area contributed by atoms with Crippen molar-refractivity contribution in [1.29, 1.82) is 0 Å². The minimum Gasteiger partial charge on any atom is -0.350 e. The Hall–Kier alpha value is -2.13. The molecular weight excluding hydrogens is 278 g/mol. The Kier molecular flexibility index (Phi) is 3.76. The van der Waals surface area contributed by atoms with E-state index in [0.29, 0.717) is 0 Å². The van der Waals surface area contributed by atoms with Crippen molar-refractivity contribution in [3.8, 4) is 0 Å². The average molecular weight is 295 g/mol. The number of nitrogens with zero attached hydrogens (tertiary/aromatic N) is 1. The molecule has 3 heteroatoms. The van der Waals surface area contributed by atoms with Crippen molar-refractivity contribution in [3.63, 3.8) is 0 Å². The van der Waals surface area contributed by atoms with Crippen molar-refractivity contribution in [2.75, 3.05) is 0 Å². The summed E-state index contributed by atoms with van der Waals surface area (Å²) in [5.74, 6) is 0. The van der Waals surface area contributed by atoms with Gasteiger partial charge in [0.15, 0.2) is 0 Å². The highest BCUT2D eigenvalue weighted by molar-refractivity contribution is 7.88. The van der Waals surface area contributed by atoms with Gasteiger partial charge in [-0.25, -0.2) is 4.21 Å². The van der Waals surface area contributed by atoms with E-state index in [0.717, 1.165) is 10.5 Å². The van der Waals surface area contributed by atoms with E-state index >= 15 is 0 Å². The van der Waals surface area contributed by atoms with Gasteiger partial charge in [-0.3, -0.25) is 0 Å². The fourth-order valence-corrected chi connectivity index (χ4v) is 3.22. The number of para-hydroxylation sites is 1. The second kappa shape index (κ2) is 5.70. The van der Waals surface area contributed by atoms with Crippen LogP contribution in [-0.4, -0.2) is 8.78 Å². The molecule has 0 spiro atoms. The molecule has 1 unspecified atom stereocenters. The van der Waals surface area contributed by atoms with E-state index in [-0.39, 0.29) is 0 Å². The number of aryl methyl sites for hydroxylation is 2. The highest BCUT2D eigenvalue weighted by atomic mass is 32.2. The van der Waals surface area contributed by atoms with Crippen molar-refractivity contribution >= 4 is 27.8 Å². The lowest BCUT2D eigenvalue weighted by Crippen LogP contribution is -1.86. The number of rotatable bonds is 3. The number of hydrogen-bond donors (Lipinski definition) is 0. The molecule has 0 radical (unpaired) electrons. The van der Waals surface area contributed by atoms with Crippen LogP contribution in [-0.2, 0) is 17.8 Å². The third-order valence-electron chi connectivity index (χ3n) is 3.55. The Balaban J connectivity index is 1.91. The van der Waals surface area contributed by atoms with E-state index in [1.54, 1.807) is 5.41 Å². The van der Waals surface area contributed by atoms with Crippen LogP contribution in [0, 0.1) is 6.92 Å². The average Bonchev–Trinajstić information content (AvgIpc) is 2.83. The van der Waals surface area contributed by atoms with Crippen molar-refractivity contribution < 1.29 is 4.21 Å². The molecule has 0 saturated heterocycles. The van der Waals surface area contributed by atoms with Gasteiger partial charge in [-0.15, -0.1) is 0 Å². The topological polar surface area (TPSA) is 22.0 Å². The predicted octanol–water partition coefficient (Wildman–Crippen LogP) is 4.27. The van der Waals surface area contributed by atoms with Gasteiger partial charge >= 0.3 is 0 Å². The van der Waals surface area contributed by atoms with Crippen molar-refractivity contribution in [2.45, 2.75) is 11.8 Å². The Morgan fingerprint density at radius 2 is 1.76 bits per heavy atom. The smallest absolute Gasteiger partial charge is 0.0776 e. The van der Waals surface area contributed by atoms with Crippen LogP contribution in [0.3, 0.4) is 0 Å². The molecule has 0 fully saturated rings. The third kappa shape index (κ3) is 2.83. The molecular formula is C18H17NOS. The lowest BCUT2D eigenvalue weighted by Gasteiger charge is -1.97. The zero-order valence-corrected chi connectivity index (χ0v) is 12.9. The molecule has 1 atom stereocenters. The molecule has 3 rings (SSSR count). The maximum Gasteiger partial charge on any atom is 0.0776 e. The quantitative estimate of drug-likeness (QED) is 0.707. The van der Waals surface area contributed by atoms with Gasteiger partial charge in [0.05, 0.1) is 10.8 Å². The van der Waals surface area contributed by atoms with Crippen LogP contribution >= 0.6 is 0 Å². The van der Waals surface area contributed by atoms with Gasteiger partial charge in [-0.1, -0.05) is 35.9 Å². The lowest BCUT2D eigenvalue weighted by molar-refractivity contribution is 0.688. The summed E-state index contributed by atoms with van der Waals surface area (Å²) in [6, 6.07) is 16.0. The van der Waals surface area contributed by atoms with Gasteiger partial charge in [0.1, 0.15) is 0 Å². The number of fused-ring (bicyclic) bond motifs is 1. The third-order valence-corrected chi connectivity index (χ3v) is 4.67. The zero-order chi connectivity index (χ0) is 14.8. The molecule has 1 aromatic heterocycles. The van der Waals surface area contributed by atoms with Crippen LogP contribution in [0.1, 0.15) is 11.1 Å². The van der Waals surface area contributed by atoms with Crippen LogP contribution < -0.4 is 0 Å². The molecule has 1 heterocycles. The predicted molar refractivity (Wildman–Crippen MR) is 89.5 cm³/mol. The highest BCUT2D eigenvalue weighted by Crippen LogP contribution is 2.22. The molecule has 0 bridgehead atoms. The lowest BCUT2D eigenvalue weighted by atomic mass is 10.2. The minimum absolute atomic E-state index is 0.831. The fraction of sp³-hybridized carbons (Fsp3) is 0.111. The van der Waals surface area contributed by atoms with Gasteiger partial charge < -0.3 is 4.57 Å². The molecule has 0 aliphatic rings. The summed E-state index contributed by atoms with van der Waals surface area (Å²) >= 11 is 0. The largest absolute Gasteiger partial charge is 0.350 e. The summed E-state index contributed by atoms with van der Waals surface area (Å²) in [6.07, 6.45) is 4.01. The molecule has 0 N–H and O–H groups in total. The van der Waals surface area contributed by atoms with E-state index < -0.39 is 10.8 Å². The maximum atomic E-state index is 12.3. The first-order valence-corrected chi connectivity index (χ1v) is 8.06. The van der Waals surface area contributed by atoms with Gasteiger partial charge in [0.2, 0.25) is 0 Å². The Morgan fingerprint density at radius 3 is 2.52 bits per heavy atom. The second-order valence-electron chi connectivity index (χ2n) is 5.13. The normalized spacial score (nSPS) is 13.0. The molecule has 0 aliphatic carbocycles. The molecule has 2 nitrogen and oxygen atoms in total. The molecule has 0 aliphatic heterocycles.